The highest BCUT2D eigenvalue weighted by Gasteiger charge is 2.64. The fourth-order valence-corrected chi connectivity index (χ4v) is 3.08. The van der Waals surface area contributed by atoms with Gasteiger partial charge in [-0.3, -0.25) is 9.59 Å². The summed E-state index contributed by atoms with van der Waals surface area (Å²) in [7, 11) is 0. The maximum Gasteiger partial charge on any atom is 0.406 e. The molecular formula is C17H20F3NO3. The summed E-state index contributed by atoms with van der Waals surface area (Å²) in [6.45, 7) is 2.88. The van der Waals surface area contributed by atoms with Gasteiger partial charge < -0.3 is 10.0 Å². The Balaban J connectivity index is 2.03. The first kappa shape index (κ1) is 18.3. The second-order valence-corrected chi connectivity index (χ2v) is 6.38. The molecule has 1 N–H and O–H groups in total. The van der Waals surface area contributed by atoms with Crippen LogP contribution in [0.5, 0.6) is 0 Å². The van der Waals surface area contributed by atoms with Crippen molar-refractivity contribution < 1.29 is 27.9 Å². The van der Waals surface area contributed by atoms with Gasteiger partial charge in [-0.1, -0.05) is 23.8 Å². The van der Waals surface area contributed by atoms with Gasteiger partial charge in [0.2, 0.25) is 5.91 Å². The van der Waals surface area contributed by atoms with Crippen molar-refractivity contribution in [2.24, 2.45) is 5.41 Å². The molecule has 1 aliphatic heterocycles. The molecule has 1 amide bonds. The van der Waals surface area contributed by atoms with E-state index in [1.807, 2.05) is 32.0 Å². The molecule has 1 aromatic carbocycles. The Morgan fingerprint density at radius 1 is 1.29 bits per heavy atom. The Labute approximate surface area is 138 Å². The number of nitrogens with zero attached hydrogens (tertiary/aromatic N) is 1. The van der Waals surface area contributed by atoms with Gasteiger partial charge in [-0.05, 0) is 37.8 Å². The number of halogens is 3. The Morgan fingerprint density at radius 2 is 1.96 bits per heavy atom. The predicted octanol–water partition coefficient (Wildman–Crippen LogP) is 3.10. The molecule has 0 spiro atoms. The van der Waals surface area contributed by atoms with Gasteiger partial charge in [0, 0.05) is 19.5 Å². The quantitative estimate of drug-likeness (QED) is 0.914. The number of benzene rings is 1. The van der Waals surface area contributed by atoms with Crippen molar-refractivity contribution in [3.8, 4) is 0 Å². The fraction of sp³-hybridized carbons (Fsp3) is 0.529. The van der Waals surface area contributed by atoms with Crippen molar-refractivity contribution in [2.45, 2.75) is 39.3 Å². The molecule has 1 fully saturated rings. The van der Waals surface area contributed by atoms with Gasteiger partial charge >= 0.3 is 12.1 Å². The highest BCUT2D eigenvalue weighted by Crippen LogP contribution is 2.45. The molecule has 1 atom stereocenters. The molecule has 0 saturated carbocycles. The second-order valence-electron chi connectivity index (χ2n) is 6.38. The summed E-state index contributed by atoms with van der Waals surface area (Å²) in [5, 5.41) is 9.01. The molecular weight excluding hydrogens is 323 g/mol. The van der Waals surface area contributed by atoms with Crippen LogP contribution in [0.25, 0.3) is 0 Å². The first-order valence-electron chi connectivity index (χ1n) is 7.71. The lowest BCUT2D eigenvalue weighted by molar-refractivity contribution is -0.227. The van der Waals surface area contributed by atoms with E-state index < -0.39 is 36.4 Å². The van der Waals surface area contributed by atoms with E-state index in [0.717, 1.165) is 21.6 Å². The van der Waals surface area contributed by atoms with E-state index >= 15 is 0 Å². The number of carboxylic acid groups (broad SMARTS) is 1. The van der Waals surface area contributed by atoms with Gasteiger partial charge in [0.15, 0.2) is 5.41 Å². The minimum atomic E-state index is -4.87. The summed E-state index contributed by atoms with van der Waals surface area (Å²) in [6.07, 6.45) is -4.98. The number of likely N-dealkylation sites (tertiary alicyclic amines) is 1. The average Bonchev–Trinajstić information content (AvgIpc) is 2.92. The van der Waals surface area contributed by atoms with E-state index in [1.165, 1.54) is 0 Å². The smallest absolute Gasteiger partial charge is 0.406 e. The number of aliphatic carboxylic acids is 1. The lowest BCUT2D eigenvalue weighted by Gasteiger charge is -2.27. The van der Waals surface area contributed by atoms with Crippen molar-refractivity contribution in [2.75, 3.05) is 13.1 Å². The van der Waals surface area contributed by atoms with Crippen LogP contribution in [-0.4, -0.2) is 41.1 Å². The molecule has 24 heavy (non-hydrogen) atoms. The van der Waals surface area contributed by atoms with Crippen LogP contribution < -0.4 is 0 Å². The minimum absolute atomic E-state index is 0.0669. The van der Waals surface area contributed by atoms with Gasteiger partial charge in [-0.15, -0.1) is 0 Å². The van der Waals surface area contributed by atoms with Crippen LogP contribution >= 0.6 is 0 Å². The van der Waals surface area contributed by atoms with Crippen LogP contribution in [0.15, 0.2) is 18.2 Å². The van der Waals surface area contributed by atoms with Crippen LogP contribution in [0.1, 0.15) is 29.5 Å². The second kappa shape index (κ2) is 6.45. The Bertz CT molecular complexity index is 657. The standard InChI is InChI=1S/C17H20F3NO3/c1-11-3-4-13(12(2)9-11)5-6-14(22)21-8-7-16(10-21,15(23)24)17(18,19)20/h3-4,9H,5-8,10H2,1-2H3,(H,23,24). The van der Waals surface area contributed by atoms with Crippen LogP contribution in [0.4, 0.5) is 13.2 Å². The molecule has 0 bridgehead atoms. The Hall–Kier alpha value is -2.05. The van der Waals surface area contributed by atoms with Crippen LogP contribution in [0.3, 0.4) is 0 Å². The Kier molecular flexibility index (Phi) is 4.92. The topological polar surface area (TPSA) is 57.6 Å². The van der Waals surface area contributed by atoms with E-state index in [1.54, 1.807) is 0 Å². The van der Waals surface area contributed by atoms with Crippen molar-refractivity contribution in [1.82, 2.24) is 4.90 Å². The number of aryl methyl sites for hydroxylation is 3. The number of carbonyl (C=O) groups excluding carboxylic acids is 1. The van der Waals surface area contributed by atoms with E-state index in [4.69, 9.17) is 5.11 Å². The molecule has 1 aromatic rings. The SMILES string of the molecule is Cc1ccc(CCC(=O)N2CCC(C(=O)O)(C(F)(F)F)C2)c(C)c1. The number of amides is 1. The highest BCUT2D eigenvalue weighted by atomic mass is 19.4. The van der Waals surface area contributed by atoms with E-state index in [-0.39, 0.29) is 13.0 Å². The lowest BCUT2D eigenvalue weighted by atomic mass is 9.86. The highest BCUT2D eigenvalue weighted by molar-refractivity contribution is 5.81. The van der Waals surface area contributed by atoms with Crippen LogP contribution in [0.2, 0.25) is 0 Å². The molecule has 1 aliphatic rings. The van der Waals surface area contributed by atoms with Gasteiger partial charge in [-0.25, -0.2) is 0 Å². The number of hydrogen-bond donors (Lipinski definition) is 1. The van der Waals surface area contributed by atoms with Crippen molar-refractivity contribution in [3.63, 3.8) is 0 Å². The van der Waals surface area contributed by atoms with E-state index in [0.29, 0.717) is 6.42 Å². The zero-order chi connectivity index (χ0) is 18.1. The number of hydrogen-bond acceptors (Lipinski definition) is 2. The summed E-state index contributed by atoms with van der Waals surface area (Å²) < 4.78 is 39.4. The molecule has 4 nitrogen and oxygen atoms in total. The summed E-state index contributed by atoms with van der Waals surface area (Å²) in [5.74, 6) is -2.36. The summed E-state index contributed by atoms with van der Waals surface area (Å²) in [4.78, 5) is 24.4. The average molecular weight is 343 g/mol. The fourth-order valence-electron chi connectivity index (χ4n) is 3.08. The van der Waals surface area contributed by atoms with Gasteiger partial charge in [0.25, 0.3) is 0 Å². The summed E-state index contributed by atoms with van der Waals surface area (Å²) >= 11 is 0. The first-order chi connectivity index (χ1) is 11.1. The number of alkyl halides is 3. The maximum absolute atomic E-state index is 13.1. The number of carbonyl (C=O) groups is 2. The molecule has 0 radical (unpaired) electrons. The third-order valence-corrected chi connectivity index (χ3v) is 4.68. The van der Waals surface area contributed by atoms with Crippen molar-refractivity contribution in [3.05, 3.63) is 34.9 Å². The summed E-state index contributed by atoms with van der Waals surface area (Å²) in [6, 6.07) is 5.80. The van der Waals surface area contributed by atoms with Gasteiger partial charge in [0.05, 0.1) is 0 Å². The zero-order valence-electron chi connectivity index (χ0n) is 13.6. The molecule has 7 heteroatoms. The third-order valence-electron chi connectivity index (χ3n) is 4.68. The van der Waals surface area contributed by atoms with Crippen molar-refractivity contribution >= 4 is 11.9 Å². The Morgan fingerprint density at radius 3 is 2.46 bits per heavy atom. The molecule has 1 unspecified atom stereocenters. The summed E-state index contributed by atoms with van der Waals surface area (Å²) in [5.41, 5.74) is 0.244. The van der Waals surface area contributed by atoms with E-state index in [2.05, 4.69) is 0 Å². The molecule has 132 valence electrons. The van der Waals surface area contributed by atoms with Crippen LogP contribution in [0, 0.1) is 19.3 Å². The molecule has 0 aromatic heterocycles. The van der Waals surface area contributed by atoms with Crippen LogP contribution in [-0.2, 0) is 16.0 Å². The van der Waals surface area contributed by atoms with Gasteiger partial charge in [-0.2, -0.15) is 13.2 Å². The first-order valence-corrected chi connectivity index (χ1v) is 7.71. The predicted molar refractivity (Wildman–Crippen MR) is 81.6 cm³/mol. The number of carboxylic acids is 1. The lowest BCUT2D eigenvalue weighted by Crippen LogP contribution is -2.47. The zero-order valence-corrected chi connectivity index (χ0v) is 13.6. The van der Waals surface area contributed by atoms with E-state index in [9.17, 15) is 22.8 Å². The normalized spacial score (nSPS) is 21.1. The number of rotatable bonds is 4. The third kappa shape index (κ3) is 3.39. The molecule has 0 aliphatic carbocycles. The van der Waals surface area contributed by atoms with Gasteiger partial charge in [0.1, 0.15) is 0 Å². The molecule has 1 heterocycles. The maximum atomic E-state index is 13.1. The molecule has 1 saturated heterocycles. The minimum Gasteiger partial charge on any atom is -0.481 e. The monoisotopic (exact) mass is 343 g/mol. The molecule has 2 rings (SSSR count). The van der Waals surface area contributed by atoms with Crippen molar-refractivity contribution in [1.29, 1.82) is 0 Å². The largest absolute Gasteiger partial charge is 0.481 e.